The molecule has 0 radical (unpaired) electrons. The molecule has 3 rings (SSSR count). The van der Waals surface area contributed by atoms with Crippen molar-refractivity contribution in [3.63, 3.8) is 0 Å². The number of aromatic nitrogens is 1. The van der Waals surface area contributed by atoms with E-state index >= 15 is 0 Å². The third-order valence-electron chi connectivity index (χ3n) is 2.75. The summed E-state index contributed by atoms with van der Waals surface area (Å²) in [6.07, 6.45) is 1.18. The minimum atomic E-state index is 1.14. The van der Waals surface area contributed by atoms with Gasteiger partial charge in [-0.3, -0.25) is 4.98 Å². The highest BCUT2D eigenvalue weighted by atomic mass is 32.2. The van der Waals surface area contributed by atoms with E-state index in [-0.39, 0.29) is 0 Å². The van der Waals surface area contributed by atoms with E-state index < -0.39 is 0 Å². The number of benzene rings is 1. The topological polar surface area (TPSA) is 12.9 Å². The van der Waals surface area contributed by atoms with Crippen LogP contribution in [0.1, 0.15) is 11.3 Å². The van der Waals surface area contributed by atoms with E-state index in [4.69, 9.17) is 0 Å². The van der Waals surface area contributed by atoms with Crippen molar-refractivity contribution in [2.45, 2.75) is 18.2 Å². The molecule has 0 amide bonds. The molecule has 0 saturated heterocycles. The number of hydrogen-bond donors (Lipinski definition) is 0. The molecule has 1 aliphatic heterocycles. The summed E-state index contributed by atoms with van der Waals surface area (Å²) in [4.78, 5) is 6.10. The van der Waals surface area contributed by atoms with Crippen molar-refractivity contribution < 1.29 is 0 Å². The highest BCUT2D eigenvalue weighted by Crippen LogP contribution is 2.37. The first-order valence-electron chi connectivity index (χ1n) is 4.87. The number of fused-ring (bicyclic) bond motifs is 3. The minimum Gasteiger partial charge on any atom is -0.253 e. The molecule has 0 saturated carbocycles. The molecule has 14 heavy (non-hydrogen) atoms. The molecule has 1 aromatic heterocycles. The van der Waals surface area contributed by atoms with Gasteiger partial charge in [-0.25, -0.2) is 0 Å². The molecule has 0 unspecified atom stereocenters. The Kier molecular flexibility index (Phi) is 1.77. The molecule has 1 aromatic carbocycles. The average molecular weight is 201 g/mol. The van der Waals surface area contributed by atoms with Gasteiger partial charge in [0.1, 0.15) is 0 Å². The van der Waals surface area contributed by atoms with Gasteiger partial charge in [0.15, 0.2) is 0 Å². The average Bonchev–Trinajstić information content (AvgIpc) is 2.67. The van der Waals surface area contributed by atoms with E-state index in [1.807, 2.05) is 11.8 Å². The number of pyridine rings is 1. The van der Waals surface area contributed by atoms with Crippen LogP contribution in [0.3, 0.4) is 0 Å². The van der Waals surface area contributed by atoms with Crippen molar-refractivity contribution in [2.75, 3.05) is 5.75 Å². The van der Waals surface area contributed by atoms with Crippen LogP contribution in [0.15, 0.2) is 29.2 Å². The normalized spacial score (nSPS) is 14.6. The van der Waals surface area contributed by atoms with Crippen molar-refractivity contribution in [1.82, 2.24) is 4.98 Å². The van der Waals surface area contributed by atoms with E-state index in [2.05, 4.69) is 36.2 Å². The van der Waals surface area contributed by atoms with Crippen LogP contribution in [0.4, 0.5) is 0 Å². The van der Waals surface area contributed by atoms with Crippen LogP contribution in [0.2, 0.25) is 0 Å². The van der Waals surface area contributed by atoms with Crippen molar-refractivity contribution in [3.05, 3.63) is 35.5 Å². The van der Waals surface area contributed by atoms with E-state index in [0.717, 1.165) is 5.52 Å². The van der Waals surface area contributed by atoms with Crippen molar-refractivity contribution in [2.24, 2.45) is 0 Å². The Balaban J connectivity index is 2.46. The standard InChI is InChI=1S/C12H11NS/c1-8-9-6-7-14-12(9)10-4-2-3-5-11(10)13-8/h2-5H,6-7H2,1H3. The van der Waals surface area contributed by atoms with Gasteiger partial charge in [0, 0.05) is 21.7 Å². The lowest BCUT2D eigenvalue weighted by molar-refractivity contribution is 1.07. The van der Waals surface area contributed by atoms with Gasteiger partial charge in [-0.05, 0) is 25.0 Å². The van der Waals surface area contributed by atoms with E-state index in [1.54, 1.807) is 0 Å². The van der Waals surface area contributed by atoms with Crippen molar-refractivity contribution >= 4 is 22.7 Å². The molecule has 2 aromatic rings. The molecule has 1 nitrogen and oxygen atoms in total. The van der Waals surface area contributed by atoms with Crippen molar-refractivity contribution in [3.8, 4) is 0 Å². The molecule has 0 N–H and O–H groups in total. The smallest absolute Gasteiger partial charge is 0.0716 e. The van der Waals surface area contributed by atoms with E-state index in [9.17, 15) is 0 Å². The molecule has 2 heteroatoms. The van der Waals surface area contributed by atoms with Gasteiger partial charge in [-0.2, -0.15) is 0 Å². The second kappa shape index (κ2) is 2.99. The first-order valence-corrected chi connectivity index (χ1v) is 5.86. The lowest BCUT2D eigenvalue weighted by Crippen LogP contribution is -1.92. The Morgan fingerprint density at radius 2 is 2.14 bits per heavy atom. The van der Waals surface area contributed by atoms with Gasteiger partial charge < -0.3 is 0 Å². The Morgan fingerprint density at radius 3 is 3.07 bits per heavy atom. The summed E-state index contributed by atoms with van der Waals surface area (Å²) in [5.41, 5.74) is 3.82. The van der Waals surface area contributed by atoms with E-state index in [0.29, 0.717) is 0 Å². The maximum absolute atomic E-state index is 4.63. The third-order valence-corrected chi connectivity index (χ3v) is 3.91. The molecule has 2 heterocycles. The predicted octanol–water partition coefficient (Wildman–Crippen LogP) is 3.19. The second-order valence-corrected chi connectivity index (χ2v) is 4.73. The van der Waals surface area contributed by atoms with Crippen LogP contribution in [0, 0.1) is 6.92 Å². The summed E-state index contributed by atoms with van der Waals surface area (Å²) < 4.78 is 0. The fraction of sp³-hybridized carbons (Fsp3) is 0.250. The first kappa shape index (κ1) is 8.30. The van der Waals surface area contributed by atoms with E-state index in [1.165, 1.54) is 33.7 Å². The largest absolute Gasteiger partial charge is 0.253 e. The first-order chi connectivity index (χ1) is 6.86. The molecule has 0 spiro atoms. The molecule has 0 fully saturated rings. The van der Waals surface area contributed by atoms with Crippen LogP contribution in [0.25, 0.3) is 10.9 Å². The summed E-state index contributed by atoms with van der Waals surface area (Å²) in [5.74, 6) is 1.21. The highest BCUT2D eigenvalue weighted by molar-refractivity contribution is 7.99. The number of aryl methyl sites for hydroxylation is 1. The van der Waals surface area contributed by atoms with Gasteiger partial charge >= 0.3 is 0 Å². The number of rotatable bonds is 0. The number of nitrogens with zero attached hydrogens (tertiary/aromatic N) is 1. The number of hydrogen-bond acceptors (Lipinski definition) is 2. The molecule has 0 bridgehead atoms. The summed E-state index contributed by atoms with van der Waals surface area (Å²) in [6, 6.07) is 8.43. The highest BCUT2D eigenvalue weighted by Gasteiger charge is 2.17. The number of para-hydroxylation sites is 1. The second-order valence-electron chi connectivity index (χ2n) is 3.62. The third kappa shape index (κ3) is 1.07. The summed E-state index contributed by atoms with van der Waals surface area (Å²) in [6.45, 7) is 2.12. The minimum absolute atomic E-state index is 1.14. The van der Waals surface area contributed by atoms with Crippen LogP contribution >= 0.6 is 11.8 Å². The maximum atomic E-state index is 4.63. The van der Waals surface area contributed by atoms with Crippen LogP contribution < -0.4 is 0 Å². The Morgan fingerprint density at radius 1 is 1.29 bits per heavy atom. The number of thioether (sulfide) groups is 1. The zero-order valence-corrected chi connectivity index (χ0v) is 8.90. The van der Waals surface area contributed by atoms with Crippen LogP contribution in [-0.4, -0.2) is 10.7 Å². The lowest BCUT2D eigenvalue weighted by atomic mass is 10.1. The molecule has 0 atom stereocenters. The predicted molar refractivity (Wildman–Crippen MR) is 60.9 cm³/mol. The van der Waals surface area contributed by atoms with Gasteiger partial charge in [0.2, 0.25) is 0 Å². The zero-order chi connectivity index (χ0) is 9.54. The summed E-state index contributed by atoms with van der Waals surface area (Å²) in [7, 11) is 0. The fourth-order valence-corrected chi connectivity index (χ4v) is 3.32. The molecule has 70 valence electrons. The van der Waals surface area contributed by atoms with Crippen LogP contribution in [-0.2, 0) is 6.42 Å². The van der Waals surface area contributed by atoms with Crippen molar-refractivity contribution in [1.29, 1.82) is 0 Å². The Bertz CT molecular complexity index is 505. The fourth-order valence-electron chi connectivity index (χ4n) is 2.05. The lowest BCUT2D eigenvalue weighted by Gasteiger charge is -2.06. The van der Waals surface area contributed by atoms with Gasteiger partial charge in [0.05, 0.1) is 5.52 Å². The quantitative estimate of drug-likeness (QED) is 0.649. The monoisotopic (exact) mass is 201 g/mol. The summed E-state index contributed by atoms with van der Waals surface area (Å²) >= 11 is 1.97. The van der Waals surface area contributed by atoms with Gasteiger partial charge in [-0.15, -0.1) is 11.8 Å². The molecule has 0 aliphatic carbocycles. The van der Waals surface area contributed by atoms with Gasteiger partial charge in [-0.1, -0.05) is 18.2 Å². The Hall–Kier alpha value is -1.02. The molecular formula is C12H11NS. The maximum Gasteiger partial charge on any atom is 0.0716 e. The molecule has 1 aliphatic rings. The molecular weight excluding hydrogens is 190 g/mol. The zero-order valence-electron chi connectivity index (χ0n) is 8.08. The van der Waals surface area contributed by atoms with Gasteiger partial charge in [0.25, 0.3) is 0 Å². The SMILES string of the molecule is Cc1nc2ccccc2c2c1CCS2. The van der Waals surface area contributed by atoms with Crippen LogP contribution in [0.5, 0.6) is 0 Å². The Labute approximate surface area is 87.5 Å². The summed E-state index contributed by atoms with van der Waals surface area (Å²) in [5, 5.41) is 1.33.